The number of allylic oxidation sites excluding steroid dienone is 3. The Balaban J connectivity index is 1.91. The number of furan rings is 1. The molecular weight excluding hydrogens is 300 g/mol. The van der Waals surface area contributed by atoms with Gasteiger partial charge in [-0.3, -0.25) is 0 Å². The van der Waals surface area contributed by atoms with E-state index in [2.05, 4.69) is 26.8 Å². The summed E-state index contributed by atoms with van der Waals surface area (Å²) in [4.78, 5) is 12.3. The lowest BCUT2D eigenvalue weighted by molar-refractivity contribution is -0.139. The lowest BCUT2D eigenvalue weighted by Gasteiger charge is -2.56. The van der Waals surface area contributed by atoms with E-state index in [1.54, 1.807) is 6.26 Å². The molecule has 0 aliphatic heterocycles. The molecule has 0 bridgehead atoms. The van der Waals surface area contributed by atoms with Crippen molar-refractivity contribution < 1.29 is 13.9 Å². The number of esters is 1. The van der Waals surface area contributed by atoms with E-state index in [4.69, 9.17) is 9.15 Å². The topological polar surface area (TPSA) is 39.4 Å². The third-order valence-corrected chi connectivity index (χ3v) is 6.74. The van der Waals surface area contributed by atoms with Gasteiger partial charge in [-0.05, 0) is 54.6 Å². The third kappa shape index (κ3) is 2.64. The van der Waals surface area contributed by atoms with Crippen LogP contribution >= 0.6 is 0 Å². The maximum atomic E-state index is 12.3. The normalized spacial score (nSPS) is 35.2. The van der Waals surface area contributed by atoms with Crippen molar-refractivity contribution in [1.82, 2.24) is 0 Å². The van der Waals surface area contributed by atoms with Crippen LogP contribution in [0.1, 0.15) is 45.6 Å². The van der Waals surface area contributed by atoms with E-state index >= 15 is 0 Å². The second kappa shape index (κ2) is 6.27. The van der Waals surface area contributed by atoms with Crippen LogP contribution in [0.5, 0.6) is 0 Å². The highest BCUT2D eigenvalue weighted by Crippen LogP contribution is 2.60. The van der Waals surface area contributed by atoms with E-state index in [0.717, 1.165) is 31.3 Å². The molecule has 1 aromatic rings. The summed E-state index contributed by atoms with van der Waals surface area (Å²) in [6.07, 6.45) is 14.2. The maximum absolute atomic E-state index is 12.3. The Morgan fingerprint density at radius 3 is 2.88 bits per heavy atom. The molecule has 3 rings (SSSR count). The Kier molecular flexibility index (Phi) is 4.46. The molecule has 3 nitrogen and oxygen atoms in total. The number of hydrogen-bond donors (Lipinski definition) is 0. The standard InChI is InChI=1S/C21H28O3/c1-15-8-11-21(3)17(19(22)23-4)6-5-7-18(21)20(15,2)12-9-16-10-13-24-14-16/h5-7,10,13-15,18H,8-9,11-12H2,1-4H3. The number of rotatable bonds is 4. The maximum Gasteiger partial charge on any atom is 0.334 e. The molecule has 0 N–H and O–H groups in total. The van der Waals surface area contributed by atoms with Crippen molar-refractivity contribution in [3.05, 3.63) is 48.0 Å². The fourth-order valence-corrected chi connectivity index (χ4v) is 4.89. The van der Waals surface area contributed by atoms with Crippen LogP contribution in [0.4, 0.5) is 0 Å². The summed E-state index contributed by atoms with van der Waals surface area (Å²) in [6.45, 7) is 7.00. The second-order valence-electron chi connectivity index (χ2n) is 7.93. The zero-order chi connectivity index (χ0) is 17.4. The van der Waals surface area contributed by atoms with Gasteiger partial charge in [0.05, 0.1) is 19.6 Å². The van der Waals surface area contributed by atoms with Crippen molar-refractivity contribution in [2.45, 2.75) is 46.5 Å². The van der Waals surface area contributed by atoms with Crippen molar-refractivity contribution in [3.8, 4) is 0 Å². The van der Waals surface area contributed by atoms with Crippen LogP contribution < -0.4 is 0 Å². The average molecular weight is 328 g/mol. The van der Waals surface area contributed by atoms with Crippen molar-refractivity contribution in [2.24, 2.45) is 22.7 Å². The summed E-state index contributed by atoms with van der Waals surface area (Å²) >= 11 is 0. The smallest absolute Gasteiger partial charge is 0.334 e. The summed E-state index contributed by atoms with van der Waals surface area (Å²) in [5.41, 5.74) is 2.09. The highest BCUT2D eigenvalue weighted by molar-refractivity contribution is 5.90. The number of aryl methyl sites for hydroxylation is 1. The monoisotopic (exact) mass is 328 g/mol. The van der Waals surface area contributed by atoms with Gasteiger partial charge in [0, 0.05) is 11.0 Å². The summed E-state index contributed by atoms with van der Waals surface area (Å²) in [7, 11) is 1.48. The first kappa shape index (κ1) is 17.1. The van der Waals surface area contributed by atoms with Gasteiger partial charge in [0.1, 0.15) is 0 Å². The quantitative estimate of drug-likeness (QED) is 0.735. The van der Waals surface area contributed by atoms with E-state index in [9.17, 15) is 4.79 Å². The van der Waals surface area contributed by atoms with Crippen molar-refractivity contribution in [2.75, 3.05) is 7.11 Å². The summed E-state index contributed by atoms with van der Waals surface area (Å²) in [5.74, 6) is 0.780. The Labute approximate surface area is 144 Å². The molecule has 130 valence electrons. The first-order valence-electron chi connectivity index (χ1n) is 8.90. The number of methoxy groups -OCH3 is 1. The molecule has 1 aromatic heterocycles. The minimum Gasteiger partial charge on any atom is -0.472 e. The van der Waals surface area contributed by atoms with Gasteiger partial charge < -0.3 is 9.15 Å². The molecule has 24 heavy (non-hydrogen) atoms. The molecule has 1 saturated carbocycles. The van der Waals surface area contributed by atoms with Crippen LogP contribution in [0.15, 0.2) is 46.8 Å². The number of hydrogen-bond acceptors (Lipinski definition) is 3. The van der Waals surface area contributed by atoms with Crippen LogP contribution in [-0.4, -0.2) is 13.1 Å². The predicted octanol–water partition coefficient (Wildman–Crippen LogP) is 4.94. The predicted molar refractivity (Wildman–Crippen MR) is 94.4 cm³/mol. The molecule has 1 fully saturated rings. The van der Waals surface area contributed by atoms with Gasteiger partial charge in [0.25, 0.3) is 0 Å². The molecule has 1 heterocycles. The number of fused-ring (bicyclic) bond motifs is 1. The van der Waals surface area contributed by atoms with E-state index < -0.39 is 0 Å². The largest absolute Gasteiger partial charge is 0.472 e. The van der Waals surface area contributed by atoms with Crippen molar-refractivity contribution >= 4 is 5.97 Å². The first-order valence-corrected chi connectivity index (χ1v) is 8.90. The molecule has 3 heteroatoms. The zero-order valence-corrected chi connectivity index (χ0v) is 15.2. The Morgan fingerprint density at radius 2 is 2.21 bits per heavy atom. The van der Waals surface area contributed by atoms with Crippen LogP contribution in [-0.2, 0) is 16.0 Å². The minimum atomic E-state index is -0.182. The number of ether oxygens (including phenoxy) is 1. The van der Waals surface area contributed by atoms with Gasteiger partial charge in [-0.2, -0.15) is 0 Å². The first-order chi connectivity index (χ1) is 11.4. The Morgan fingerprint density at radius 1 is 1.42 bits per heavy atom. The molecule has 2 aliphatic rings. The molecule has 0 saturated heterocycles. The molecule has 0 amide bonds. The summed E-state index contributed by atoms with van der Waals surface area (Å²) < 4.78 is 10.3. The van der Waals surface area contributed by atoms with Gasteiger partial charge in [0.15, 0.2) is 0 Å². The van der Waals surface area contributed by atoms with Gasteiger partial charge in [-0.25, -0.2) is 4.79 Å². The fourth-order valence-electron chi connectivity index (χ4n) is 4.89. The lowest BCUT2D eigenvalue weighted by atomic mass is 9.48. The van der Waals surface area contributed by atoms with Gasteiger partial charge in [-0.15, -0.1) is 0 Å². The highest BCUT2D eigenvalue weighted by atomic mass is 16.5. The molecule has 0 spiro atoms. The van der Waals surface area contributed by atoms with Gasteiger partial charge in [0.2, 0.25) is 0 Å². The van der Waals surface area contributed by atoms with Crippen molar-refractivity contribution in [3.63, 3.8) is 0 Å². The van der Waals surface area contributed by atoms with E-state index in [0.29, 0.717) is 11.8 Å². The zero-order valence-electron chi connectivity index (χ0n) is 15.2. The van der Waals surface area contributed by atoms with Crippen LogP contribution in [0.3, 0.4) is 0 Å². The minimum absolute atomic E-state index is 0.139. The van der Waals surface area contributed by atoms with E-state index in [-0.39, 0.29) is 16.8 Å². The molecule has 4 unspecified atom stereocenters. The van der Waals surface area contributed by atoms with E-state index in [1.165, 1.54) is 12.7 Å². The fraction of sp³-hybridized carbons (Fsp3) is 0.571. The SMILES string of the molecule is COC(=O)C1=CC=CC2C1(C)CCC(C)C2(C)CCc1ccoc1. The second-order valence-corrected chi connectivity index (χ2v) is 7.93. The van der Waals surface area contributed by atoms with E-state index in [1.807, 2.05) is 24.5 Å². The molecule has 0 radical (unpaired) electrons. The van der Waals surface area contributed by atoms with Gasteiger partial charge >= 0.3 is 5.97 Å². The Hall–Kier alpha value is -1.77. The molecule has 2 aliphatic carbocycles. The molecule has 4 atom stereocenters. The number of carbonyl (C=O) groups is 1. The summed E-state index contributed by atoms with van der Waals surface area (Å²) in [6, 6.07) is 2.05. The molecular formula is C21H28O3. The average Bonchev–Trinajstić information content (AvgIpc) is 3.09. The van der Waals surface area contributed by atoms with Crippen LogP contribution in [0, 0.1) is 22.7 Å². The van der Waals surface area contributed by atoms with Gasteiger partial charge in [-0.1, -0.05) is 39.0 Å². The van der Waals surface area contributed by atoms with Crippen LogP contribution in [0.25, 0.3) is 0 Å². The Bertz CT molecular complexity index is 655. The van der Waals surface area contributed by atoms with Crippen LogP contribution in [0.2, 0.25) is 0 Å². The third-order valence-electron chi connectivity index (χ3n) is 6.74. The molecule has 0 aromatic carbocycles. The number of carbonyl (C=O) groups excluding carboxylic acids is 1. The lowest BCUT2D eigenvalue weighted by Crippen LogP contribution is -2.50. The highest BCUT2D eigenvalue weighted by Gasteiger charge is 2.54. The van der Waals surface area contributed by atoms with Crippen molar-refractivity contribution in [1.29, 1.82) is 0 Å². The summed E-state index contributed by atoms with van der Waals surface area (Å²) in [5, 5.41) is 0.